The van der Waals surface area contributed by atoms with E-state index in [4.69, 9.17) is 19.9 Å². The SMILES string of the molecule is CC1(C)C2=C(CC3C(=C2)N=C(c2ccccc2-c2ccccc2)C=C3c2cccc(-c3nc(-c4ccccc4)nc(-c4cccc5c4C=CCC5)n3)c2)c2ccccc21. The molecule has 0 saturated heterocycles. The van der Waals surface area contributed by atoms with Gasteiger partial charge in [-0.25, -0.2) is 15.0 Å². The number of dihydropyridines is 1. The van der Waals surface area contributed by atoms with E-state index in [0.29, 0.717) is 17.5 Å². The number of nitrogens with zero attached hydrogens (tertiary/aromatic N) is 4. The van der Waals surface area contributed by atoms with Gasteiger partial charge in [0, 0.05) is 39.3 Å². The number of hydrogen-bond donors (Lipinski definition) is 0. The standard InChI is InChI=1S/C55H42N4/c1-55(2)48-30-14-13-27-42(48)46-32-47-45(33-50(56-51(47)34-49(46)55)43-28-12-11-25-40(43)35-17-5-3-6-18-35)38-23-15-24-39(31-38)53-57-52(37-20-7-4-8-21-37)58-54(59-53)44-29-16-22-36-19-9-10-26-41(36)44/h3-8,10-18,20-31,33-34,47H,9,19,32H2,1-2H3. The van der Waals surface area contributed by atoms with Crippen LogP contribution in [0.1, 0.15) is 60.1 Å². The van der Waals surface area contributed by atoms with Gasteiger partial charge in [0.1, 0.15) is 0 Å². The highest BCUT2D eigenvalue weighted by atomic mass is 15.0. The fourth-order valence-corrected chi connectivity index (χ4v) is 9.64. The molecule has 3 aliphatic carbocycles. The number of benzene rings is 6. The van der Waals surface area contributed by atoms with Gasteiger partial charge >= 0.3 is 0 Å². The summed E-state index contributed by atoms with van der Waals surface area (Å²) in [4.78, 5) is 21.1. The summed E-state index contributed by atoms with van der Waals surface area (Å²) in [7, 11) is 0. The Hall–Kier alpha value is -7.04. The van der Waals surface area contributed by atoms with E-state index in [0.717, 1.165) is 58.5 Å². The van der Waals surface area contributed by atoms with Gasteiger partial charge in [-0.1, -0.05) is 172 Å². The van der Waals surface area contributed by atoms with Gasteiger partial charge in [-0.2, -0.15) is 0 Å². The zero-order valence-corrected chi connectivity index (χ0v) is 33.2. The first-order valence-corrected chi connectivity index (χ1v) is 20.7. The first-order chi connectivity index (χ1) is 29.0. The minimum atomic E-state index is -0.108. The van der Waals surface area contributed by atoms with Crippen LogP contribution in [0.2, 0.25) is 0 Å². The molecule has 0 fully saturated rings. The van der Waals surface area contributed by atoms with Gasteiger partial charge in [-0.3, -0.25) is 4.99 Å². The summed E-state index contributed by atoms with van der Waals surface area (Å²) in [6.07, 6.45) is 12.2. The van der Waals surface area contributed by atoms with Crippen LogP contribution in [0.3, 0.4) is 0 Å². The Labute approximate surface area is 345 Å². The average Bonchev–Trinajstić information content (AvgIpc) is 3.53. The second kappa shape index (κ2) is 14.1. The summed E-state index contributed by atoms with van der Waals surface area (Å²) < 4.78 is 0. The lowest BCUT2D eigenvalue weighted by molar-refractivity contribution is 0.643. The Morgan fingerprint density at radius 1 is 0.542 bits per heavy atom. The molecular weight excluding hydrogens is 717 g/mol. The van der Waals surface area contributed by atoms with Gasteiger partial charge in [0.2, 0.25) is 0 Å². The molecule has 11 rings (SSSR count). The Kier molecular flexibility index (Phi) is 8.40. The monoisotopic (exact) mass is 758 g/mol. The van der Waals surface area contributed by atoms with E-state index in [9.17, 15) is 0 Å². The van der Waals surface area contributed by atoms with Gasteiger partial charge in [0.25, 0.3) is 0 Å². The zero-order valence-electron chi connectivity index (χ0n) is 33.2. The Bertz CT molecular complexity index is 2980. The molecule has 282 valence electrons. The topological polar surface area (TPSA) is 51.0 Å². The smallest absolute Gasteiger partial charge is 0.164 e. The highest BCUT2D eigenvalue weighted by Gasteiger charge is 2.42. The largest absolute Gasteiger partial charge is 0.252 e. The second-order valence-corrected chi connectivity index (χ2v) is 16.5. The zero-order chi connectivity index (χ0) is 39.5. The molecule has 2 heterocycles. The number of hydrogen-bond acceptors (Lipinski definition) is 4. The molecule has 7 aromatic rings. The molecule has 0 amide bonds. The third-order valence-electron chi connectivity index (χ3n) is 12.6. The minimum Gasteiger partial charge on any atom is -0.252 e. The van der Waals surface area contributed by atoms with Crippen molar-refractivity contribution in [2.45, 2.75) is 38.5 Å². The maximum absolute atomic E-state index is 5.56. The van der Waals surface area contributed by atoms with Crippen LogP contribution in [0.4, 0.5) is 0 Å². The molecule has 0 spiro atoms. The van der Waals surface area contributed by atoms with E-state index in [-0.39, 0.29) is 11.3 Å². The maximum atomic E-state index is 5.56. The van der Waals surface area contributed by atoms with Crippen molar-refractivity contribution < 1.29 is 0 Å². The Balaban J connectivity index is 1.08. The molecule has 4 aliphatic rings. The number of aromatic nitrogens is 3. The van der Waals surface area contributed by atoms with Crippen molar-refractivity contribution in [1.29, 1.82) is 0 Å². The van der Waals surface area contributed by atoms with Crippen LogP contribution in [0.5, 0.6) is 0 Å². The van der Waals surface area contributed by atoms with Gasteiger partial charge in [0.15, 0.2) is 17.5 Å². The van der Waals surface area contributed by atoms with E-state index in [1.54, 1.807) is 0 Å². The molecule has 0 bridgehead atoms. The predicted octanol–water partition coefficient (Wildman–Crippen LogP) is 13.0. The van der Waals surface area contributed by atoms with Crippen LogP contribution in [0, 0.1) is 5.92 Å². The minimum absolute atomic E-state index is 0.0787. The summed E-state index contributed by atoms with van der Waals surface area (Å²) in [5.41, 5.74) is 18.9. The molecular formula is C55H42N4. The molecule has 4 nitrogen and oxygen atoms in total. The number of aliphatic imine (C=N–C) groups is 1. The first-order valence-electron chi connectivity index (χ1n) is 20.7. The lowest BCUT2D eigenvalue weighted by Crippen LogP contribution is -2.22. The van der Waals surface area contributed by atoms with Crippen molar-refractivity contribution in [3.05, 3.63) is 215 Å². The van der Waals surface area contributed by atoms with Crippen LogP contribution in [-0.2, 0) is 11.8 Å². The first kappa shape index (κ1) is 35.1. The third kappa shape index (κ3) is 6.06. The van der Waals surface area contributed by atoms with Gasteiger partial charge in [-0.15, -0.1) is 0 Å². The molecule has 1 aliphatic heterocycles. The van der Waals surface area contributed by atoms with Gasteiger partial charge < -0.3 is 0 Å². The van der Waals surface area contributed by atoms with E-state index in [1.165, 1.54) is 50.1 Å². The fourth-order valence-electron chi connectivity index (χ4n) is 9.64. The molecule has 1 unspecified atom stereocenters. The van der Waals surface area contributed by atoms with Gasteiger partial charge in [-0.05, 0) is 93.1 Å². The molecule has 0 radical (unpaired) electrons. The molecule has 1 aromatic heterocycles. The van der Waals surface area contributed by atoms with Crippen LogP contribution in [0.15, 0.2) is 186 Å². The number of allylic oxidation sites excluding steroid dienone is 6. The van der Waals surface area contributed by atoms with Crippen LogP contribution in [0.25, 0.3) is 62.5 Å². The molecule has 0 saturated carbocycles. The lowest BCUT2D eigenvalue weighted by atomic mass is 9.74. The van der Waals surface area contributed by atoms with Crippen molar-refractivity contribution >= 4 is 22.9 Å². The molecule has 1 atom stereocenters. The average molecular weight is 759 g/mol. The number of fused-ring (bicyclic) bond motifs is 4. The highest BCUT2D eigenvalue weighted by Crippen LogP contribution is 2.55. The Morgan fingerprint density at radius 2 is 1.17 bits per heavy atom. The quantitative estimate of drug-likeness (QED) is 0.170. The Morgan fingerprint density at radius 3 is 1.98 bits per heavy atom. The van der Waals surface area contributed by atoms with Crippen molar-refractivity contribution in [3.8, 4) is 45.3 Å². The van der Waals surface area contributed by atoms with Crippen molar-refractivity contribution in [3.63, 3.8) is 0 Å². The van der Waals surface area contributed by atoms with Crippen molar-refractivity contribution in [1.82, 2.24) is 15.0 Å². The predicted molar refractivity (Wildman–Crippen MR) is 242 cm³/mol. The van der Waals surface area contributed by atoms with Gasteiger partial charge in [0.05, 0.1) is 5.71 Å². The summed E-state index contributed by atoms with van der Waals surface area (Å²) >= 11 is 0. The molecule has 59 heavy (non-hydrogen) atoms. The van der Waals surface area contributed by atoms with Crippen LogP contribution < -0.4 is 0 Å². The van der Waals surface area contributed by atoms with Crippen molar-refractivity contribution in [2.75, 3.05) is 0 Å². The summed E-state index contributed by atoms with van der Waals surface area (Å²) in [6, 6.07) is 53.8. The van der Waals surface area contributed by atoms with Crippen LogP contribution >= 0.6 is 0 Å². The highest BCUT2D eigenvalue weighted by molar-refractivity contribution is 6.17. The lowest BCUT2D eigenvalue weighted by Gasteiger charge is -2.32. The molecule has 6 aromatic carbocycles. The van der Waals surface area contributed by atoms with E-state index in [1.807, 2.05) is 18.2 Å². The fraction of sp³-hybridized carbons (Fsp3) is 0.127. The summed E-state index contributed by atoms with van der Waals surface area (Å²) in [5, 5.41) is 0. The van der Waals surface area contributed by atoms with E-state index >= 15 is 0 Å². The summed E-state index contributed by atoms with van der Waals surface area (Å²) in [5.74, 6) is 2.08. The summed E-state index contributed by atoms with van der Waals surface area (Å²) in [6.45, 7) is 4.72. The van der Waals surface area contributed by atoms with E-state index in [2.05, 4.69) is 172 Å². The number of aryl methyl sites for hydroxylation is 1. The third-order valence-corrected chi connectivity index (χ3v) is 12.6. The molecule has 4 heteroatoms. The molecule has 0 N–H and O–H groups in total. The second-order valence-electron chi connectivity index (χ2n) is 16.5. The van der Waals surface area contributed by atoms with Crippen LogP contribution in [-0.4, -0.2) is 20.7 Å². The normalized spacial score (nSPS) is 17.3. The van der Waals surface area contributed by atoms with Crippen molar-refractivity contribution in [2.24, 2.45) is 10.9 Å². The number of rotatable bonds is 6. The maximum Gasteiger partial charge on any atom is 0.164 e. The van der Waals surface area contributed by atoms with E-state index < -0.39 is 0 Å².